The second kappa shape index (κ2) is 7.49. The normalized spacial score (nSPS) is 19.6. The molecule has 5 heteroatoms. The lowest BCUT2D eigenvalue weighted by molar-refractivity contribution is 0.133. The van der Waals surface area contributed by atoms with Crippen LogP contribution in [-0.2, 0) is 12.8 Å². The summed E-state index contributed by atoms with van der Waals surface area (Å²) in [6.07, 6.45) is 5.72. The standard InChI is InChI=1S/C23H26N4O/c28-23(17-6-2-1-3-7-17)22-16-27(25-24-22)20-10-12-26(13-11-20)21-14-18-8-4-5-9-19(18)15-21/h1-9,16,20-21,23,28H,10-15H2. The SMILES string of the molecule is OC(c1ccccc1)c1cn(C2CCN(C3Cc4ccccc4C3)CC2)nn1. The molecule has 2 aliphatic rings. The van der Waals surface area contributed by atoms with Crippen LogP contribution in [0, 0.1) is 0 Å². The number of hydrogen-bond acceptors (Lipinski definition) is 4. The van der Waals surface area contributed by atoms with Crippen LogP contribution < -0.4 is 0 Å². The summed E-state index contributed by atoms with van der Waals surface area (Å²) in [5.74, 6) is 0. The van der Waals surface area contributed by atoms with Crippen LogP contribution in [-0.4, -0.2) is 44.1 Å². The Balaban J connectivity index is 1.20. The second-order valence-corrected chi connectivity index (χ2v) is 8.03. The third-order valence-corrected chi connectivity index (χ3v) is 6.34. The first-order chi connectivity index (χ1) is 13.8. The lowest BCUT2D eigenvalue weighted by atomic mass is 10.0. The van der Waals surface area contributed by atoms with Crippen molar-refractivity contribution in [2.24, 2.45) is 0 Å². The predicted molar refractivity (Wildman–Crippen MR) is 108 cm³/mol. The van der Waals surface area contributed by atoms with Gasteiger partial charge in [0.25, 0.3) is 0 Å². The lowest BCUT2D eigenvalue weighted by Crippen LogP contribution is -2.42. The summed E-state index contributed by atoms with van der Waals surface area (Å²) >= 11 is 0. The van der Waals surface area contributed by atoms with E-state index in [-0.39, 0.29) is 0 Å². The van der Waals surface area contributed by atoms with E-state index in [2.05, 4.69) is 39.5 Å². The molecule has 1 fully saturated rings. The number of hydrogen-bond donors (Lipinski definition) is 1. The van der Waals surface area contributed by atoms with Crippen molar-refractivity contribution in [2.75, 3.05) is 13.1 Å². The molecule has 1 unspecified atom stereocenters. The fraction of sp³-hybridized carbons (Fsp3) is 0.391. The number of piperidine rings is 1. The molecule has 0 saturated carbocycles. The summed E-state index contributed by atoms with van der Waals surface area (Å²) in [4.78, 5) is 2.65. The van der Waals surface area contributed by atoms with Gasteiger partial charge in [-0.15, -0.1) is 5.10 Å². The van der Waals surface area contributed by atoms with Gasteiger partial charge in [0.15, 0.2) is 0 Å². The van der Waals surface area contributed by atoms with E-state index in [1.54, 1.807) is 0 Å². The fourth-order valence-electron chi connectivity index (χ4n) is 4.71. The number of nitrogens with zero attached hydrogens (tertiary/aromatic N) is 4. The smallest absolute Gasteiger partial charge is 0.124 e. The third kappa shape index (κ3) is 3.36. The van der Waals surface area contributed by atoms with Crippen LogP contribution in [0.5, 0.6) is 0 Å². The minimum Gasteiger partial charge on any atom is -0.382 e. The summed E-state index contributed by atoms with van der Waals surface area (Å²) in [5, 5.41) is 19.1. The molecule has 5 nitrogen and oxygen atoms in total. The molecule has 1 aliphatic heterocycles. The Hall–Kier alpha value is -2.50. The molecule has 2 aromatic carbocycles. The van der Waals surface area contributed by atoms with Crippen molar-refractivity contribution in [3.05, 3.63) is 83.2 Å². The van der Waals surface area contributed by atoms with Gasteiger partial charge < -0.3 is 5.11 Å². The van der Waals surface area contributed by atoms with Gasteiger partial charge in [0, 0.05) is 19.1 Å². The molecule has 0 amide bonds. The Morgan fingerprint density at radius 3 is 2.18 bits per heavy atom. The molecule has 1 N–H and O–H groups in total. The number of aromatic nitrogens is 3. The van der Waals surface area contributed by atoms with Gasteiger partial charge in [0.1, 0.15) is 11.8 Å². The zero-order valence-electron chi connectivity index (χ0n) is 16.0. The highest BCUT2D eigenvalue weighted by molar-refractivity contribution is 5.33. The zero-order chi connectivity index (χ0) is 18.9. The van der Waals surface area contributed by atoms with Gasteiger partial charge in [0.2, 0.25) is 0 Å². The minimum atomic E-state index is -0.716. The summed E-state index contributed by atoms with van der Waals surface area (Å²) < 4.78 is 1.96. The largest absolute Gasteiger partial charge is 0.382 e. The first kappa shape index (κ1) is 17.6. The lowest BCUT2D eigenvalue weighted by Gasteiger charge is -2.35. The van der Waals surface area contributed by atoms with Crippen LogP contribution >= 0.6 is 0 Å². The van der Waals surface area contributed by atoms with Gasteiger partial charge in [-0.1, -0.05) is 59.8 Å². The van der Waals surface area contributed by atoms with Crippen molar-refractivity contribution in [2.45, 2.75) is 43.9 Å². The first-order valence-corrected chi connectivity index (χ1v) is 10.2. The van der Waals surface area contributed by atoms with Crippen molar-refractivity contribution in [1.29, 1.82) is 0 Å². The highest BCUT2D eigenvalue weighted by atomic mass is 16.3. The number of benzene rings is 2. The van der Waals surface area contributed by atoms with Crippen LogP contribution in [0.1, 0.15) is 47.4 Å². The number of likely N-dealkylation sites (tertiary alicyclic amines) is 1. The first-order valence-electron chi connectivity index (χ1n) is 10.2. The Morgan fingerprint density at radius 1 is 0.857 bits per heavy atom. The van der Waals surface area contributed by atoms with Crippen molar-refractivity contribution in [3.8, 4) is 0 Å². The van der Waals surface area contributed by atoms with Gasteiger partial charge >= 0.3 is 0 Å². The van der Waals surface area contributed by atoms with E-state index in [1.807, 2.05) is 41.2 Å². The molecule has 0 radical (unpaired) electrons. The predicted octanol–water partition coefficient (Wildman–Crippen LogP) is 3.16. The molecular weight excluding hydrogens is 348 g/mol. The fourth-order valence-corrected chi connectivity index (χ4v) is 4.71. The van der Waals surface area contributed by atoms with Gasteiger partial charge in [0.05, 0.1) is 12.2 Å². The minimum absolute atomic E-state index is 0.365. The Labute approximate surface area is 165 Å². The molecule has 28 heavy (non-hydrogen) atoms. The van der Waals surface area contributed by atoms with E-state index in [0.29, 0.717) is 17.8 Å². The number of aliphatic hydroxyl groups excluding tert-OH is 1. The van der Waals surface area contributed by atoms with Crippen molar-refractivity contribution in [3.63, 3.8) is 0 Å². The van der Waals surface area contributed by atoms with Crippen LogP contribution in [0.4, 0.5) is 0 Å². The molecule has 1 saturated heterocycles. The van der Waals surface area contributed by atoms with Crippen LogP contribution in [0.3, 0.4) is 0 Å². The van der Waals surface area contributed by atoms with E-state index in [4.69, 9.17) is 0 Å². The van der Waals surface area contributed by atoms with E-state index in [0.717, 1.165) is 31.5 Å². The van der Waals surface area contributed by atoms with Crippen LogP contribution in [0.2, 0.25) is 0 Å². The average molecular weight is 374 g/mol. The second-order valence-electron chi connectivity index (χ2n) is 8.03. The van der Waals surface area contributed by atoms with E-state index in [1.165, 1.54) is 24.0 Å². The Bertz CT molecular complexity index is 906. The molecule has 2 heterocycles. The topological polar surface area (TPSA) is 54.2 Å². The molecule has 1 aromatic heterocycles. The van der Waals surface area contributed by atoms with E-state index >= 15 is 0 Å². The molecule has 5 rings (SSSR count). The van der Waals surface area contributed by atoms with Gasteiger partial charge in [-0.05, 0) is 42.4 Å². The summed E-state index contributed by atoms with van der Waals surface area (Å²) in [6.45, 7) is 2.19. The maximum Gasteiger partial charge on any atom is 0.124 e. The van der Waals surface area contributed by atoms with Crippen LogP contribution in [0.15, 0.2) is 60.8 Å². The number of fused-ring (bicyclic) bond motifs is 1. The molecule has 0 spiro atoms. The number of aliphatic hydroxyl groups is 1. The highest BCUT2D eigenvalue weighted by Crippen LogP contribution is 2.30. The highest BCUT2D eigenvalue weighted by Gasteiger charge is 2.30. The quantitative estimate of drug-likeness (QED) is 0.762. The maximum atomic E-state index is 10.6. The van der Waals surface area contributed by atoms with Gasteiger partial charge in [-0.3, -0.25) is 4.90 Å². The Kier molecular flexibility index (Phi) is 4.71. The van der Waals surface area contributed by atoms with E-state index in [9.17, 15) is 5.11 Å². The monoisotopic (exact) mass is 374 g/mol. The van der Waals surface area contributed by atoms with E-state index < -0.39 is 6.10 Å². The molecule has 0 bridgehead atoms. The van der Waals surface area contributed by atoms with Gasteiger partial charge in [-0.25, -0.2) is 4.68 Å². The molecule has 3 aromatic rings. The summed E-state index contributed by atoms with van der Waals surface area (Å²) in [6, 6.07) is 19.5. The van der Waals surface area contributed by atoms with Crippen molar-refractivity contribution < 1.29 is 5.11 Å². The van der Waals surface area contributed by atoms with Crippen molar-refractivity contribution in [1.82, 2.24) is 19.9 Å². The summed E-state index contributed by atoms with van der Waals surface area (Å²) in [7, 11) is 0. The van der Waals surface area contributed by atoms with Crippen molar-refractivity contribution >= 4 is 0 Å². The summed E-state index contributed by atoms with van der Waals surface area (Å²) in [5.41, 5.74) is 4.51. The third-order valence-electron chi connectivity index (χ3n) is 6.34. The molecular formula is C23H26N4O. The zero-order valence-corrected chi connectivity index (χ0v) is 16.0. The molecule has 1 aliphatic carbocycles. The molecule has 144 valence electrons. The van der Waals surface area contributed by atoms with Crippen LogP contribution in [0.25, 0.3) is 0 Å². The number of rotatable bonds is 4. The average Bonchev–Trinajstić information content (AvgIpc) is 3.41. The maximum absolute atomic E-state index is 10.6. The van der Waals surface area contributed by atoms with Gasteiger partial charge in [-0.2, -0.15) is 0 Å². The Morgan fingerprint density at radius 2 is 1.50 bits per heavy atom. The molecule has 1 atom stereocenters.